The summed E-state index contributed by atoms with van der Waals surface area (Å²) in [4.78, 5) is 5.50. The highest BCUT2D eigenvalue weighted by Crippen LogP contribution is 2.37. The van der Waals surface area contributed by atoms with E-state index in [-0.39, 0.29) is 0 Å². The third kappa shape index (κ3) is 1.91. The number of hydrogen-bond acceptors (Lipinski definition) is 6. The first-order valence-corrected chi connectivity index (χ1v) is 7.15. The predicted octanol–water partition coefficient (Wildman–Crippen LogP) is 2.08. The van der Waals surface area contributed by atoms with E-state index >= 15 is 0 Å². The number of rotatable bonds is 3. The lowest BCUT2D eigenvalue weighted by Gasteiger charge is -2.28. The van der Waals surface area contributed by atoms with Crippen LogP contribution in [0.5, 0.6) is 0 Å². The first-order valence-electron chi connectivity index (χ1n) is 6.34. The molecule has 0 amide bonds. The lowest BCUT2D eigenvalue weighted by molar-refractivity contribution is 0.0211. The molecule has 20 heavy (non-hydrogen) atoms. The Kier molecular flexibility index (Phi) is 2.61. The second-order valence-corrected chi connectivity index (χ2v) is 5.82. The van der Waals surface area contributed by atoms with E-state index in [1.54, 1.807) is 17.5 Å². The predicted molar refractivity (Wildman–Crippen MR) is 79.8 cm³/mol. The van der Waals surface area contributed by atoms with E-state index in [0.717, 1.165) is 39.7 Å². The molecule has 102 valence electrons. The van der Waals surface area contributed by atoms with Crippen LogP contribution < -0.4 is 11.1 Å². The minimum absolute atomic E-state index is 0.359. The molecule has 0 saturated carbocycles. The molecule has 1 aliphatic heterocycles. The molecule has 0 unspecified atom stereocenters. The van der Waals surface area contributed by atoms with Crippen LogP contribution in [0, 0.1) is 0 Å². The Morgan fingerprint density at radius 3 is 3.00 bits per heavy atom. The van der Waals surface area contributed by atoms with E-state index in [9.17, 15) is 0 Å². The van der Waals surface area contributed by atoms with Gasteiger partial charge in [0.25, 0.3) is 0 Å². The molecule has 0 spiro atoms. The third-order valence-electron chi connectivity index (χ3n) is 3.26. The number of nitrogens with two attached hydrogens (primary N) is 1. The van der Waals surface area contributed by atoms with Gasteiger partial charge in [-0.3, -0.25) is 5.10 Å². The van der Waals surface area contributed by atoms with E-state index in [2.05, 4.69) is 20.5 Å². The van der Waals surface area contributed by atoms with Crippen molar-refractivity contribution in [2.75, 3.05) is 24.3 Å². The molecule has 4 heterocycles. The number of ether oxygens (including phenoxy) is 1. The fourth-order valence-corrected chi connectivity index (χ4v) is 3.27. The van der Waals surface area contributed by atoms with Gasteiger partial charge in [-0.1, -0.05) is 0 Å². The highest BCUT2D eigenvalue weighted by atomic mass is 32.1. The summed E-state index contributed by atoms with van der Waals surface area (Å²) in [7, 11) is 0. The molecule has 7 heteroatoms. The van der Waals surface area contributed by atoms with Gasteiger partial charge >= 0.3 is 0 Å². The smallest absolute Gasteiger partial charge is 0.126 e. The lowest BCUT2D eigenvalue weighted by atomic mass is 10.2. The number of nitrogen functional groups attached to an aromatic ring is 1. The molecule has 0 bridgehead atoms. The Morgan fingerprint density at radius 1 is 1.40 bits per heavy atom. The quantitative estimate of drug-likeness (QED) is 0.686. The van der Waals surface area contributed by atoms with Gasteiger partial charge in [0.15, 0.2) is 0 Å². The van der Waals surface area contributed by atoms with Crippen molar-refractivity contribution in [3.8, 4) is 10.6 Å². The summed E-state index contributed by atoms with van der Waals surface area (Å²) in [6.07, 6.45) is 1.74. The molecule has 0 radical (unpaired) electrons. The zero-order valence-corrected chi connectivity index (χ0v) is 11.4. The summed E-state index contributed by atoms with van der Waals surface area (Å²) in [5.74, 6) is 0.522. The number of pyridine rings is 1. The Morgan fingerprint density at radius 2 is 2.30 bits per heavy atom. The normalized spacial score (nSPS) is 15.4. The first kappa shape index (κ1) is 11.7. The van der Waals surface area contributed by atoms with Crippen LogP contribution in [-0.4, -0.2) is 34.4 Å². The van der Waals surface area contributed by atoms with Crippen molar-refractivity contribution in [3.63, 3.8) is 0 Å². The molecular formula is C13H13N5OS. The highest BCUT2D eigenvalue weighted by Gasteiger charge is 2.20. The van der Waals surface area contributed by atoms with Gasteiger partial charge in [-0.15, -0.1) is 11.3 Å². The van der Waals surface area contributed by atoms with Crippen LogP contribution >= 0.6 is 11.3 Å². The second-order valence-electron chi connectivity index (χ2n) is 4.77. The van der Waals surface area contributed by atoms with Crippen molar-refractivity contribution in [1.82, 2.24) is 15.2 Å². The first-order chi connectivity index (χ1) is 9.79. The largest absolute Gasteiger partial charge is 0.384 e. The number of hydrogen-bond donors (Lipinski definition) is 3. The molecule has 3 aromatic heterocycles. The number of anilines is 2. The molecule has 4 rings (SSSR count). The summed E-state index contributed by atoms with van der Waals surface area (Å²) in [6.45, 7) is 1.48. The summed E-state index contributed by atoms with van der Waals surface area (Å²) in [5, 5.41) is 10.4. The van der Waals surface area contributed by atoms with Crippen LogP contribution in [0.2, 0.25) is 0 Å². The number of aromatic amines is 1. The molecule has 6 nitrogen and oxygen atoms in total. The summed E-state index contributed by atoms with van der Waals surface area (Å²) < 4.78 is 6.30. The van der Waals surface area contributed by atoms with E-state index < -0.39 is 0 Å². The van der Waals surface area contributed by atoms with Crippen LogP contribution in [0.15, 0.2) is 24.4 Å². The third-order valence-corrected chi connectivity index (χ3v) is 4.45. The molecule has 1 saturated heterocycles. The zero-order valence-electron chi connectivity index (χ0n) is 10.6. The van der Waals surface area contributed by atoms with Crippen molar-refractivity contribution in [2.45, 2.75) is 6.04 Å². The number of H-pyrrole nitrogens is 1. The molecule has 0 aliphatic carbocycles. The second kappa shape index (κ2) is 4.46. The fraction of sp³-hybridized carbons (Fsp3) is 0.231. The minimum Gasteiger partial charge on any atom is -0.384 e. The van der Waals surface area contributed by atoms with Crippen molar-refractivity contribution in [1.29, 1.82) is 0 Å². The summed E-state index contributed by atoms with van der Waals surface area (Å²) in [5.41, 5.74) is 8.81. The van der Waals surface area contributed by atoms with Crippen LogP contribution in [-0.2, 0) is 4.74 Å². The Hall–Kier alpha value is -2.12. The fourth-order valence-electron chi connectivity index (χ4n) is 2.21. The van der Waals surface area contributed by atoms with Crippen molar-refractivity contribution in [2.24, 2.45) is 0 Å². The standard InChI is InChI=1S/C13H13N5OS/c14-12-4-10(16-7-5-19-6-7)13-9(17-12)3-11(20-13)8-1-2-15-18-8/h1-4,7H,5-6H2,(H,15,18)(H3,14,16,17). The van der Waals surface area contributed by atoms with Gasteiger partial charge in [-0.05, 0) is 12.1 Å². The maximum Gasteiger partial charge on any atom is 0.126 e. The molecule has 0 atom stereocenters. The van der Waals surface area contributed by atoms with Crippen LogP contribution in [0.3, 0.4) is 0 Å². The summed E-state index contributed by atoms with van der Waals surface area (Å²) in [6, 6.07) is 6.22. The number of thiophene rings is 1. The number of fused-ring (bicyclic) bond motifs is 1. The van der Waals surface area contributed by atoms with Crippen LogP contribution in [0.4, 0.5) is 11.5 Å². The van der Waals surface area contributed by atoms with Gasteiger partial charge in [0.05, 0.1) is 45.7 Å². The molecule has 1 fully saturated rings. The Labute approximate surface area is 119 Å². The van der Waals surface area contributed by atoms with Crippen LogP contribution in [0.25, 0.3) is 20.8 Å². The van der Waals surface area contributed by atoms with Crippen LogP contribution in [0.1, 0.15) is 0 Å². The van der Waals surface area contributed by atoms with Gasteiger partial charge in [-0.2, -0.15) is 5.10 Å². The van der Waals surface area contributed by atoms with Gasteiger partial charge in [0.1, 0.15) is 5.82 Å². The monoisotopic (exact) mass is 287 g/mol. The number of aromatic nitrogens is 3. The van der Waals surface area contributed by atoms with Gasteiger partial charge in [-0.25, -0.2) is 4.98 Å². The van der Waals surface area contributed by atoms with E-state index in [1.165, 1.54) is 0 Å². The van der Waals surface area contributed by atoms with Gasteiger partial charge in [0.2, 0.25) is 0 Å². The van der Waals surface area contributed by atoms with Crippen molar-refractivity contribution >= 4 is 33.1 Å². The molecule has 4 N–H and O–H groups in total. The van der Waals surface area contributed by atoms with Crippen molar-refractivity contribution in [3.05, 3.63) is 24.4 Å². The zero-order chi connectivity index (χ0) is 13.5. The van der Waals surface area contributed by atoms with Gasteiger partial charge < -0.3 is 15.8 Å². The lowest BCUT2D eigenvalue weighted by Crippen LogP contribution is -2.40. The number of nitrogens with one attached hydrogen (secondary N) is 2. The van der Waals surface area contributed by atoms with E-state index in [0.29, 0.717) is 11.9 Å². The number of nitrogens with zero attached hydrogens (tertiary/aromatic N) is 2. The Balaban J connectivity index is 1.81. The maximum atomic E-state index is 5.89. The average Bonchev–Trinajstić information content (AvgIpc) is 3.00. The molecule has 3 aromatic rings. The van der Waals surface area contributed by atoms with E-state index in [4.69, 9.17) is 10.5 Å². The molecule has 1 aliphatic rings. The topological polar surface area (TPSA) is 88.9 Å². The van der Waals surface area contributed by atoms with E-state index in [1.807, 2.05) is 18.2 Å². The molecular weight excluding hydrogens is 274 g/mol. The SMILES string of the molecule is Nc1cc(NC2COC2)c2sc(-c3ccn[nH]3)cc2n1. The van der Waals surface area contributed by atoms with Gasteiger partial charge in [0, 0.05) is 12.3 Å². The highest BCUT2D eigenvalue weighted by molar-refractivity contribution is 7.22. The molecule has 0 aromatic carbocycles. The van der Waals surface area contributed by atoms with Crippen molar-refractivity contribution < 1.29 is 4.74 Å². The minimum atomic E-state index is 0.359. The summed E-state index contributed by atoms with van der Waals surface area (Å²) >= 11 is 1.67. The average molecular weight is 287 g/mol. The maximum absolute atomic E-state index is 5.89. The Bertz CT molecular complexity index is 748.